The standard InChI is InChI=1S/C29H34ClN3O5/c1-33-24-12-11-22(16-27(34)31-20-8-3-2-4-9-20)38-26(24)17-37-25-13-10-21(15-23(25)29(33)36)32-28(35)18-6-5-7-19(30)14-18/h5-7,10,13-15,20,22,24,26H,2-4,8-9,11-12,16-17H2,1H3,(H,31,34)(H,32,35)/t22-,24+,26-/m0/s1. The van der Waals surface area contributed by atoms with Gasteiger partial charge in [0.1, 0.15) is 18.5 Å². The first-order chi connectivity index (χ1) is 18.4. The molecule has 2 aliphatic heterocycles. The van der Waals surface area contributed by atoms with E-state index in [9.17, 15) is 14.4 Å². The van der Waals surface area contributed by atoms with Gasteiger partial charge < -0.3 is 25.0 Å². The maximum atomic E-state index is 13.5. The van der Waals surface area contributed by atoms with Crippen LogP contribution in [0.25, 0.3) is 0 Å². The summed E-state index contributed by atoms with van der Waals surface area (Å²) in [7, 11) is 1.77. The quantitative estimate of drug-likeness (QED) is 0.568. The summed E-state index contributed by atoms with van der Waals surface area (Å²) in [6.07, 6.45) is 6.89. The van der Waals surface area contributed by atoms with E-state index < -0.39 is 0 Å². The average Bonchev–Trinajstić information content (AvgIpc) is 2.91. The van der Waals surface area contributed by atoms with E-state index in [0.717, 1.165) is 19.3 Å². The topological polar surface area (TPSA) is 97.0 Å². The maximum absolute atomic E-state index is 13.5. The second kappa shape index (κ2) is 11.7. The van der Waals surface area contributed by atoms with Crippen molar-refractivity contribution in [1.29, 1.82) is 0 Å². The first kappa shape index (κ1) is 26.5. The van der Waals surface area contributed by atoms with Crippen molar-refractivity contribution in [3.8, 4) is 5.75 Å². The summed E-state index contributed by atoms with van der Waals surface area (Å²) in [4.78, 5) is 40.5. The van der Waals surface area contributed by atoms with Gasteiger partial charge >= 0.3 is 0 Å². The zero-order valence-electron chi connectivity index (χ0n) is 21.6. The summed E-state index contributed by atoms with van der Waals surface area (Å²) in [6.45, 7) is 0.268. The molecule has 1 saturated heterocycles. The lowest BCUT2D eigenvalue weighted by molar-refractivity contribution is -0.134. The Morgan fingerprint density at radius 2 is 1.87 bits per heavy atom. The summed E-state index contributed by atoms with van der Waals surface area (Å²) >= 11 is 6.01. The van der Waals surface area contributed by atoms with Crippen molar-refractivity contribution < 1.29 is 23.9 Å². The summed E-state index contributed by atoms with van der Waals surface area (Å²) in [5.74, 6) is -0.0546. The molecule has 3 atom stereocenters. The Kier molecular flexibility index (Phi) is 8.19. The molecule has 3 amide bonds. The first-order valence-electron chi connectivity index (χ1n) is 13.4. The molecule has 2 aromatic rings. The third-order valence-electron chi connectivity index (χ3n) is 7.74. The highest BCUT2D eigenvalue weighted by atomic mass is 35.5. The van der Waals surface area contributed by atoms with Crippen molar-refractivity contribution in [2.75, 3.05) is 19.0 Å². The van der Waals surface area contributed by atoms with E-state index in [4.69, 9.17) is 21.1 Å². The number of ether oxygens (including phenoxy) is 2. The fourth-order valence-corrected chi connectivity index (χ4v) is 5.87. The zero-order valence-corrected chi connectivity index (χ0v) is 22.3. The van der Waals surface area contributed by atoms with Crippen LogP contribution in [0.2, 0.25) is 5.02 Å². The van der Waals surface area contributed by atoms with Gasteiger partial charge in [-0.25, -0.2) is 0 Å². The van der Waals surface area contributed by atoms with Crippen molar-refractivity contribution in [2.45, 2.75) is 75.7 Å². The number of rotatable bonds is 5. The molecule has 2 aromatic carbocycles. The minimum Gasteiger partial charge on any atom is -0.490 e. The van der Waals surface area contributed by atoms with Gasteiger partial charge in [0.2, 0.25) is 5.91 Å². The Balaban J connectivity index is 1.24. The third kappa shape index (κ3) is 6.13. The van der Waals surface area contributed by atoms with Crippen LogP contribution in [0, 0.1) is 0 Å². The van der Waals surface area contributed by atoms with E-state index >= 15 is 0 Å². The number of nitrogens with one attached hydrogen (secondary N) is 2. The highest BCUT2D eigenvalue weighted by Crippen LogP contribution is 2.33. The Morgan fingerprint density at radius 1 is 1.05 bits per heavy atom. The Labute approximate surface area is 228 Å². The van der Waals surface area contributed by atoms with E-state index in [0.29, 0.717) is 40.4 Å². The molecule has 0 spiro atoms. The second-order valence-electron chi connectivity index (χ2n) is 10.5. The lowest BCUT2D eigenvalue weighted by atomic mass is 9.93. The van der Waals surface area contributed by atoms with Gasteiger partial charge in [-0.3, -0.25) is 14.4 Å². The van der Waals surface area contributed by atoms with E-state index in [1.165, 1.54) is 19.3 Å². The van der Waals surface area contributed by atoms with Gasteiger partial charge in [-0.1, -0.05) is 36.9 Å². The van der Waals surface area contributed by atoms with Crippen LogP contribution in [-0.2, 0) is 9.53 Å². The summed E-state index contributed by atoms with van der Waals surface area (Å²) in [5, 5.41) is 6.47. The molecule has 202 valence electrons. The Hall–Kier alpha value is -3.10. The number of benzene rings is 2. The van der Waals surface area contributed by atoms with Crippen LogP contribution >= 0.6 is 11.6 Å². The van der Waals surface area contributed by atoms with Crippen LogP contribution < -0.4 is 15.4 Å². The number of halogens is 1. The van der Waals surface area contributed by atoms with Crippen LogP contribution in [-0.4, -0.2) is 60.6 Å². The monoisotopic (exact) mass is 539 g/mol. The van der Waals surface area contributed by atoms with Crippen molar-refractivity contribution in [3.05, 3.63) is 58.6 Å². The molecule has 2 heterocycles. The van der Waals surface area contributed by atoms with Gasteiger partial charge in [0.05, 0.1) is 24.1 Å². The molecule has 0 radical (unpaired) electrons. The maximum Gasteiger partial charge on any atom is 0.257 e. The fourth-order valence-electron chi connectivity index (χ4n) is 5.68. The molecule has 8 nitrogen and oxygen atoms in total. The van der Waals surface area contributed by atoms with Gasteiger partial charge in [-0.2, -0.15) is 0 Å². The van der Waals surface area contributed by atoms with E-state index in [1.54, 1.807) is 54.4 Å². The molecule has 38 heavy (non-hydrogen) atoms. The van der Waals surface area contributed by atoms with Crippen LogP contribution in [0.5, 0.6) is 5.75 Å². The van der Waals surface area contributed by atoms with Crippen LogP contribution in [0.3, 0.4) is 0 Å². The fraction of sp³-hybridized carbons (Fsp3) is 0.483. The predicted molar refractivity (Wildman–Crippen MR) is 145 cm³/mol. The van der Waals surface area contributed by atoms with Crippen LogP contribution in [0.1, 0.15) is 72.1 Å². The molecule has 2 N–H and O–H groups in total. The number of amides is 3. The van der Waals surface area contributed by atoms with Gasteiger partial charge in [0, 0.05) is 29.4 Å². The number of hydrogen-bond donors (Lipinski definition) is 2. The number of likely N-dealkylation sites (N-methyl/N-ethyl adjacent to an activating group) is 1. The Bertz CT molecular complexity index is 1200. The number of anilines is 1. The average molecular weight is 540 g/mol. The smallest absolute Gasteiger partial charge is 0.257 e. The number of nitrogens with zero attached hydrogens (tertiary/aromatic N) is 1. The molecule has 3 aliphatic rings. The van der Waals surface area contributed by atoms with Crippen LogP contribution in [0.4, 0.5) is 5.69 Å². The predicted octanol–water partition coefficient (Wildman–Crippen LogP) is 4.81. The minimum absolute atomic E-state index is 0.0363. The van der Waals surface area contributed by atoms with Crippen LogP contribution in [0.15, 0.2) is 42.5 Å². The highest BCUT2D eigenvalue weighted by Gasteiger charge is 2.39. The van der Waals surface area contributed by atoms with Crippen molar-refractivity contribution >= 4 is 35.0 Å². The second-order valence-corrected chi connectivity index (χ2v) is 10.9. The van der Waals surface area contributed by atoms with Crippen molar-refractivity contribution in [3.63, 3.8) is 0 Å². The highest BCUT2D eigenvalue weighted by molar-refractivity contribution is 6.31. The van der Waals surface area contributed by atoms with E-state index in [1.807, 2.05) is 0 Å². The first-order valence-corrected chi connectivity index (χ1v) is 13.8. The molecule has 1 aliphatic carbocycles. The number of carbonyl (C=O) groups excluding carboxylic acids is 3. The normalized spacial score (nSPS) is 23.8. The number of carbonyl (C=O) groups is 3. The largest absolute Gasteiger partial charge is 0.490 e. The van der Waals surface area contributed by atoms with E-state index in [2.05, 4.69) is 10.6 Å². The number of hydrogen-bond acceptors (Lipinski definition) is 5. The van der Waals surface area contributed by atoms with Crippen molar-refractivity contribution in [2.24, 2.45) is 0 Å². The van der Waals surface area contributed by atoms with Gasteiger partial charge in [0.25, 0.3) is 11.8 Å². The Morgan fingerprint density at radius 3 is 2.66 bits per heavy atom. The molecule has 0 bridgehead atoms. The lowest BCUT2D eigenvalue weighted by Gasteiger charge is -2.42. The lowest BCUT2D eigenvalue weighted by Crippen LogP contribution is -2.54. The number of fused-ring (bicyclic) bond motifs is 2. The molecule has 5 rings (SSSR count). The molecule has 2 fully saturated rings. The molecular formula is C29H34ClN3O5. The van der Waals surface area contributed by atoms with Gasteiger partial charge in [-0.05, 0) is 62.1 Å². The molecule has 0 unspecified atom stereocenters. The summed E-state index contributed by atoms with van der Waals surface area (Å²) in [6, 6.07) is 11.8. The van der Waals surface area contributed by atoms with Gasteiger partial charge in [-0.15, -0.1) is 0 Å². The molecule has 1 saturated carbocycles. The van der Waals surface area contributed by atoms with Gasteiger partial charge in [0.15, 0.2) is 0 Å². The molecular weight excluding hydrogens is 506 g/mol. The van der Waals surface area contributed by atoms with Crippen molar-refractivity contribution in [1.82, 2.24) is 10.2 Å². The molecule has 0 aromatic heterocycles. The summed E-state index contributed by atoms with van der Waals surface area (Å²) in [5.41, 5.74) is 1.29. The third-order valence-corrected chi connectivity index (χ3v) is 7.97. The minimum atomic E-state index is -0.333. The molecule has 9 heteroatoms. The zero-order chi connectivity index (χ0) is 26.6. The summed E-state index contributed by atoms with van der Waals surface area (Å²) < 4.78 is 12.4. The van der Waals surface area contributed by atoms with E-state index in [-0.39, 0.29) is 48.6 Å². The SMILES string of the molecule is CN1C(=O)c2cc(NC(=O)c3cccc(Cl)c3)ccc2OC[C@@H]2O[C@H](CC(=O)NC3CCCCC3)CC[C@H]21.